The number of hydrogen-bond acceptors (Lipinski definition) is 6. The minimum absolute atomic E-state index is 0.166. The molecule has 0 saturated heterocycles. The van der Waals surface area contributed by atoms with Crippen LogP contribution in [0, 0.1) is 11.3 Å². The fraction of sp³-hybridized carbons (Fsp3) is 0.261. The highest BCUT2D eigenvalue weighted by Gasteiger charge is 2.28. The SMILES string of the molecule is CCOC(=O)N1CCc2c(sc(NC(=O)COc3ccc4ccccc4c3)c2C#N)C1. The van der Waals surface area contributed by atoms with Gasteiger partial charge in [-0.3, -0.25) is 4.79 Å². The number of hydrogen-bond donors (Lipinski definition) is 1. The number of amides is 2. The second-order valence-corrected chi connectivity index (χ2v) is 8.14. The molecule has 2 heterocycles. The predicted octanol–water partition coefficient (Wildman–Crippen LogP) is 4.31. The number of thiophene rings is 1. The van der Waals surface area contributed by atoms with Crippen LogP contribution < -0.4 is 10.1 Å². The summed E-state index contributed by atoms with van der Waals surface area (Å²) in [5.41, 5.74) is 1.35. The van der Waals surface area contributed by atoms with E-state index in [1.54, 1.807) is 11.8 Å². The van der Waals surface area contributed by atoms with E-state index in [4.69, 9.17) is 9.47 Å². The van der Waals surface area contributed by atoms with Crippen molar-refractivity contribution >= 4 is 39.1 Å². The topological polar surface area (TPSA) is 91.7 Å². The molecular weight excluding hydrogens is 414 g/mol. The van der Waals surface area contributed by atoms with E-state index in [2.05, 4.69) is 11.4 Å². The van der Waals surface area contributed by atoms with Crippen LogP contribution in [0.5, 0.6) is 5.75 Å². The van der Waals surface area contributed by atoms with Gasteiger partial charge in [0.15, 0.2) is 6.61 Å². The Morgan fingerprint density at radius 2 is 2.03 bits per heavy atom. The van der Waals surface area contributed by atoms with E-state index in [9.17, 15) is 14.9 Å². The molecule has 158 valence electrons. The average Bonchev–Trinajstić information content (AvgIpc) is 3.13. The molecule has 3 aromatic rings. The monoisotopic (exact) mass is 435 g/mol. The van der Waals surface area contributed by atoms with E-state index < -0.39 is 0 Å². The third kappa shape index (κ3) is 4.47. The van der Waals surface area contributed by atoms with Crippen molar-refractivity contribution in [1.29, 1.82) is 5.26 Å². The first kappa shape index (κ1) is 20.7. The first-order chi connectivity index (χ1) is 15.1. The standard InChI is InChI=1S/C23H21N3O4S/c1-2-29-23(28)26-10-9-18-19(12-24)22(31-20(18)13-26)25-21(27)14-30-17-8-7-15-5-3-4-6-16(15)11-17/h3-8,11H,2,9-10,13-14H2,1H3,(H,25,27). The van der Waals surface area contributed by atoms with Gasteiger partial charge in [0.25, 0.3) is 5.91 Å². The first-order valence-electron chi connectivity index (χ1n) is 9.96. The quantitative estimate of drug-likeness (QED) is 0.645. The van der Waals surface area contributed by atoms with E-state index in [1.807, 2.05) is 42.5 Å². The second kappa shape index (κ2) is 9.06. The summed E-state index contributed by atoms with van der Waals surface area (Å²) in [5, 5.41) is 15.0. The van der Waals surface area contributed by atoms with Gasteiger partial charge in [-0.15, -0.1) is 11.3 Å². The third-order valence-electron chi connectivity index (χ3n) is 5.04. The number of anilines is 1. The fourth-order valence-corrected chi connectivity index (χ4v) is 4.78. The van der Waals surface area contributed by atoms with Crippen LogP contribution in [0.25, 0.3) is 10.8 Å². The molecule has 0 bridgehead atoms. The Morgan fingerprint density at radius 1 is 1.23 bits per heavy atom. The summed E-state index contributed by atoms with van der Waals surface area (Å²) in [7, 11) is 0. The lowest BCUT2D eigenvalue weighted by molar-refractivity contribution is -0.118. The molecule has 1 aliphatic rings. The summed E-state index contributed by atoms with van der Waals surface area (Å²) < 4.78 is 10.7. The van der Waals surface area contributed by atoms with Gasteiger partial charge >= 0.3 is 6.09 Å². The second-order valence-electron chi connectivity index (χ2n) is 7.04. The van der Waals surface area contributed by atoms with Gasteiger partial charge in [0.05, 0.1) is 18.7 Å². The van der Waals surface area contributed by atoms with Crippen molar-refractivity contribution in [3.8, 4) is 11.8 Å². The molecular formula is C23H21N3O4S. The van der Waals surface area contributed by atoms with Gasteiger partial charge in [0, 0.05) is 11.4 Å². The van der Waals surface area contributed by atoms with E-state index in [0.29, 0.717) is 42.4 Å². The lowest BCUT2D eigenvalue weighted by atomic mass is 10.0. The highest BCUT2D eigenvalue weighted by Crippen LogP contribution is 2.36. The van der Waals surface area contributed by atoms with Crippen molar-refractivity contribution in [2.24, 2.45) is 0 Å². The van der Waals surface area contributed by atoms with Crippen molar-refractivity contribution < 1.29 is 19.1 Å². The Kier molecular flexibility index (Phi) is 6.05. The van der Waals surface area contributed by atoms with Gasteiger partial charge in [-0.2, -0.15) is 5.26 Å². The Hall–Kier alpha value is -3.57. The Labute approximate surface area is 183 Å². The first-order valence-corrected chi connectivity index (χ1v) is 10.8. The molecule has 2 amide bonds. The van der Waals surface area contributed by atoms with Crippen molar-refractivity contribution in [2.45, 2.75) is 19.9 Å². The number of rotatable bonds is 5. The number of nitriles is 1. The number of benzene rings is 2. The minimum atomic E-state index is -0.366. The molecule has 1 N–H and O–H groups in total. The maximum atomic E-state index is 12.5. The van der Waals surface area contributed by atoms with Crippen LogP contribution in [-0.4, -0.2) is 36.7 Å². The molecule has 7 nitrogen and oxygen atoms in total. The zero-order chi connectivity index (χ0) is 21.8. The van der Waals surface area contributed by atoms with Gasteiger partial charge in [-0.1, -0.05) is 30.3 Å². The van der Waals surface area contributed by atoms with Crippen LogP contribution in [0.2, 0.25) is 0 Å². The molecule has 0 radical (unpaired) electrons. The van der Waals surface area contributed by atoms with Gasteiger partial charge in [0.2, 0.25) is 0 Å². The summed E-state index contributed by atoms with van der Waals surface area (Å²) in [5.74, 6) is 0.260. The Bertz CT molecular complexity index is 1180. The molecule has 8 heteroatoms. The lowest BCUT2D eigenvalue weighted by Crippen LogP contribution is -2.35. The van der Waals surface area contributed by atoms with Crippen LogP contribution >= 0.6 is 11.3 Å². The minimum Gasteiger partial charge on any atom is -0.484 e. The van der Waals surface area contributed by atoms with Crippen molar-refractivity contribution in [2.75, 3.05) is 25.1 Å². The van der Waals surface area contributed by atoms with Crippen LogP contribution in [0.1, 0.15) is 22.9 Å². The number of nitrogens with one attached hydrogen (secondary N) is 1. The summed E-state index contributed by atoms with van der Waals surface area (Å²) in [6.45, 7) is 2.77. The van der Waals surface area contributed by atoms with Gasteiger partial charge in [-0.25, -0.2) is 4.79 Å². The number of nitrogens with zero attached hydrogens (tertiary/aromatic N) is 2. The largest absolute Gasteiger partial charge is 0.484 e. The molecule has 0 atom stereocenters. The summed E-state index contributed by atoms with van der Waals surface area (Å²) in [6, 6.07) is 15.8. The maximum Gasteiger partial charge on any atom is 0.410 e. The number of ether oxygens (including phenoxy) is 2. The molecule has 0 fully saturated rings. The maximum absolute atomic E-state index is 12.5. The number of carbonyl (C=O) groups excluding carboxylic acids is 2. The fourth-order valence-electron chi connectivity index (χ4n) is 3.55. The van der Waals surface area contributed by atoms with E-state index >= 15 is 0 Å². The average molecular weight is 436 g/mol. The van der Waals surface area contributed by atoms with E-state index in [1.165, 1.54) is 11.3 Å². The summed E-state index contributed by atoms with van der Waals surface area (Å²) >= 11 is 1.32. The Morgan fingerprint density at radius 3 is 2.81 bits per heavy atom. The number of fused-ring (bicyclic) bond motifs is 2. The van der Waals surface area contributed by atoms with Crippen molar-refractivity contribution in [3.05, 3.63) is 58.5 Å². The molecule has 4 rings (SSSR count). The molecule has 0 aliphatic carbocycles. The smallest absolute Gasteiger partial charge is 0.410 e. The van der Waals surface area contributed by atoms with E-state index in [0.717, 1.165) is 21.2 Å². The van der Waals surface area contributed by atoms with Gasteiger partial charge in [0.1, 0.15) is 16.8 Å². The highest BCUT2D eigenvalue weighted by molar-refractivity contribution is 7.16. The summed E-state index contributed by atoms with van der Waals surface area (Å²) in [4.78, 5) is 27.0. The van der Waals surface area contributed by atoms with Crippen molar-refractivity contribution in [3.63, 3.8) is 0 Å². The zero-order valence-corrected chi connectivity index (χ0v) is 17.8. The molecule has 0 unspecified atom stereocenters. The zero-order valence-electron chi connectivity index (χ0n) is 17.0. The molecule has 31 heavy (non-hydrogen) atoms. The van der Waals surface area contributed by atoms with E-state index in [-0.39, 0.29) is 18.6 Å². The Balaban J connectivity index is 1.42. The van der Waals surface area contributed by atoms with Gasteiger partial charge < -0.3 is 19.7 Å². The van der Waals surface area contributed by atoms with Crippen LogP contribution in [0.3, 0.4) is 0 Å². The number of carbonyl (C=O) groups is 2. The molecule has 0 saturated carbocycles. The molecule has 1 aliphatic heterocycles. The molecule has 2 aromatic carbocycles. The molecule has 1 aromatic heterocycles. The van der Waals surface area contributed by atoms with Gasteiger partial charge in [-0.05, 0) is 41.8 Å². The van der Waals surface area contributed by atoms with Crippen LogP contribution in [0.15, 0.2) is 42.5 Å². The highest BCUT2D eigenvalue weighted by atomic mass is 32.1. The van der Waals surface area contributed by atoms with Crippen LogP contribution in [0.4, 0.5) is 9.80 Å². The normalized spacial score (nSPS) is 12.7. The summed E-state index contributed by atoms with van der Waals surface area (Å²) in [6.07, 6.45) is 0.186. The van der Waals surface area contributed by atoms with Crippen molar-refractivity contribution in [1.82, 2.24) is 4.90 Å². The molecule has 0 spiro atoms. The van der Waals surface area contributed by atoms with Crippen LogP contribution in [-0.2, 0) is 22.5 Å². The lowest BCUT2D eigenvalue weighted by Gasteiger charge is -2.25. The third-order valence-corrected chi connectivity index (χ3v) is 6.17. The predicted molar refractivity (Wildman–Crippen MR) is 118 cm³/mol.